The van der Waals surface area contributed by atoms with Crippen molar-refractivity contribution in [3.8, 4) is 0 Å². The largest absolute Gasteiger partial charge is 0.480 e. The molecular weight excluding hydrogens is 547 g/mol. The lowest BCUT2D eigenvalue weighted by molar-refractivity contribution is -0.139. The molecule has 1 unspecified atom stereocenters. The molecule has 0 spiro atoms. The van der Waals surface area contributed by atoms with Gasteiger partial charge in [0.25, 0.3) is 15.9 Å². The fraction of sp³-hybridized carbons (Fsp3) is 0.0714. The van der Waals surface area contributed by atoms with E-state index in [1.54, 1.807) is 0 Å². The van der Waals surface area contributed by atoms with Gasteiger partial charge in [0.05, 0.1) is 4.90 Å². The van der Waals surface area contributed by atoms with Crippen LogP contribution in [0.1, 0.15) is 27.4 Å². The zero-order valence-electron chi connectivity index (χ0n) is 19.7. The van der Waals surface area contributed by atoms with Crippen LogP contribution in [0, 0.1) is 0 Å². The third-order valence-corrected chi connectivity index (χ3v) is 7.55. The Morgan fingerprint density at radius 2 is 1.24 bits per heavy atom. The van der Waals surface area contributed by atoms with Crippen LogP contribution in [0.15, 0.2) is 108 Å². The number of nitrogens with one attached hydrogen (secondary N) is 2. The molecule has 0 radical (unpaired) electrons. The first-order chi connectivity index (χ1) is 18.1. The Labute approximate surface area is 230 Å². The SMILES string of the molecule is O=C(NC(C(=O)O)C(c1ccccc1)c1ccccc1)c1ccc(NS(=O)(=O)c2cc(Cl)cc(Cl)c2)cc1. The van der Waals surface area contributed by atoms with Gasteiger partial charge in [-0.1, -0.05) is 83.9 Å². The van der Waals surface area contributed by atoms with E-state index in [1.165, 1.54) is 42.5 Å². The molecule has 0 aliphatic carbocycles. The second-order valence-corrected chi connectivity index (χ2v) is 10.9. The number of carboxylic acids is 1. The first-order valence-electron chi connectivity index (χ1n) is 11.4. The highest BCUT2D eigenvalue weighted by molar-refractivity contribution is 7.92. The van der Waals surface area contributed by atoms with Gasteiger partial charge in [-0.2, -0.15) is 0 Å². The average Bonchev–Trinajstić information content (AvgIpc) is 2.89. The summed E-state index contributed by atoms with van der Waals surface area (Å²) in [6.45, 7) is 0. The smallest absolute Gasteiger partial charge is 0.327 e. The van der Waals surface area contributed by atoms with Crippen LogP contribution in [0.5, 0.6) is 0 Å². The minimum Gasteiger partial charge on any atom is -0.480 e. The fourth-order valence-electron chi connectivity index (χ4n) is 4.00. The molecule has 38 heavy (non-hydrogen) atoms. The Morgan fingerprint density at radius 3 is 1.71 bits per heavy atom. The average molecular weight is 569 g/mol. The molecule has 4 rings (SSSR count). The van der Waals surface area contributed by atoms with Crippen molar-refractivity contribution in [2.24, 2.45) is 0 Å². The summed E-state index contributed by atoms with van der Waals surface area (Å²) in [4.78, 5) is 25.3. The van der Waals surface area contributed by atoms with Gasteiger partial charge in [0.1, 0.15) is 6.04 Å². The molecule has 0 aromatic heterocycles. The maximum Gasteiger partial charge on any atom is 0.327 e. The number of sulfonamides is 1. The zero-order valence-corrected chi connectivity index (χ0v) is 22.0. The van der Waals surface area contributed by atoms with E-state index >= 15 is 0 Å². The number of hydrogen-bond acceptors (Lipinski definition) is 4. The monoisotopic (exact) mass is 568 g/mol. The molecule has 0 bridgehead atoms. The number of amides is 1. The van der Waals surface area contributed by atoms with Gasteiger partial charge in [-0.25, -0.2) is 13.2 Å². The van der Waals surface area contributed by atoms with Crippen LogP contribution < -0.4 is 10.0 Å². The lowest BCUT2D eigenvalue weighted by atomic mass is 9.85. The van der Waals surface area contributed by atoms with Crippen molar-refractivity contribution in [3.63, 3.8) is 0 Å². The molecule has 0 heterocycles. The van der Waals surface area contributed by atoms with Crippen LogP contribution in [0.3, 0.4) is 0 Å². The summed E-state index contributed by atoms with van der Waals surface area (Å²) in [5, 5.41) is 13.0. The normalized spacial score (nSPS) is 12.1. The number of aliphatic carboxylic acids is 1. The molecule has 10 heteroatoms. The highest BCUT2D eigenvalue weighted by Gasteiger charge is 2.32. The molecular formula is C28H22Cl2N2O5S. The van der Waals surface area contributed by atoms with Gasteiger partial charge < -0.3 is 10.4 Å². The van der Waals surface area contributed by atoms with Gasteiger partial charge in [-0.05, 0) is 53.6 Å². The van der Waals surface area contributed by atoms with Crippen molar-refractivity contribution in [1.82, 2.24) is 5.32 Å². The number of carboxylic acid groups (broad SMARTS) is 1. The molecule has 0 fully saturated rings. The number of anilines is 1. The molecule has 4 aromatic carbocycles. The van der Waals surface area contributed by atoms with Gasteiger partial charge in [0, 0.05) is 27.2 Å². The number of hydrogen-bond donors (Lipinski definition) is 3. The van der Waals surface area contributed by atoms with E-state index in [4.69, 9.17) is 23.2 Å². The summed E-state index contributed by atoms with van der Waals surface area (Å²) < 4.78 is 27.8. The van der Waals surface area contributed by atoms with Gasteiger partial charge in [-0.3, -0.25) is 9.52 Å². The van der Waals surface area contributed by atoms with E-state index in [1.807, 2.05) is 60.7 Å². The first kappa shape index (κ1) is 27.2. The minimum atomic E-state index is -3.99. The molecule has 0 saturated heterocycles. The molecule has 1 amide bonds. The lowest BCUT2D eigenvalue weighted by Gasteiger charge is -2.26. The van der Waals surface area contributed by atoms with Gasteiger partial charge in [0.2, 0.25) is 0 Å². The van der Waals surface area contributed by atoms with Crippen LogP contribution in [-0.2, 0) is 14.8 Å². The number of carbonyl (C=O) groups excluding carboxylic acids is 1. The number of carbonyl (C=O) groups is 2. The van der Waals surface area contributed by atoms with Crippen LogP contribution >= 0.6 is 23.2 Å². The van der Waals surface area contributed by atoms with Crippen LogP contribution in [0.2, 0.25) is 10.0 Å². The predicted octanol–water partition coefficient (Wildman–Crippen LogP) is 5.81. The van der Waals surface area contributed by atoms with Crippen LogP contribution in [0.25, 0.3) is 0 Å². The molecule has 0 aliphatic heterocycles. The van der Waals surface area contributed by atoms with E-state index in [-0.39, 0.29) is 26.2 Å². The Balaban J connectivity index is 1.55. The number of rotatable bonds is 9. The van der Waals surface area contributed by atoms with E-state index in [0.717, 1.165) is 11.1 Å². The third kappa shape index (κ3) is 6.52. The topological polar surface area (TPSA) is 113 Å². The molecule has 0 saturated carbocycles. The summed E-state index contributed by atoms with van der Waals surface area (Å²) in [5.41, 5.74) is 1.82. The predicted molar refractivity (Wildman–Crippen MR) is 147 cm³/mol. The van der Waals surface area contributed by atoms with Gasteiger partial charge in [0.15, 0.2) is 0 Å². The molecule has 3 N–H and O–H groups in total. The van der Waals surface area contributed by atoms with Crippen molar-refractivity contribution in [2.45, 2.75) is 16.9 Å². The van der Waals surface area contributed by atoms with E-state index < -0.39 is 33.9 Å². The second kappa shape index (κ2) is 11.7. The highest BCUT2D eigenvalue weighted by atomic mass is 35.5. The summed E-state index contributed by atoms with van der Waals surface area (Å²) in [6.07, 6.45) is 0. The lowest BCUT2D eigenvalue weighted by Crippen LogP contribution is -2.45. The highest BCUT2D eigenvalue weighted by Crippen LogP contribution is 2.29. The quantitative estimate of drug-likeness (QED) is 0.236. The molecule has 7 nitrogen and oxygen atoms in total. The van der Waals surface area contributed by atoms with Crippen molar-refractivity contribution >= 4 is 50.8 Å². The fourth-order valence-corrected chi connectivity index (χ4v) is 5.78. The second-order valence-electron chi connectivity index (χ2n) is 8.38. The van der Waals surface area contributed by atoms with Crippen molar-refractivity contribution < 1.29 is 23.1 Å². The van der Waals surface area contributed by atoms with Crippen molar-refractivity contribution in [2.75, 3.05) is 4.72 Å². The van der Waals surface area contributed by atoms with E-state index in [9.17, 15) is 23.1 Å². The van der Waals surface area contributed by atoms with E-state index in [0.29, 0.717) is 0 Å². The van der Waals surface area contributed by atoms with Crippen LogP contribution in [-0.4, -0.2) is 31.4 Å². The number of halogens is 2. The van der Waals surface area contributed by atoms with E-state index in [2.05, 4.69) is 10.0 Å². The maximum absolute atomic E-state index is 13.1. The Hall–Kier alpha value is -3.85. The number of benzene rings is 4. The Bertz CT molecular complexity index is 1490. The Morgan fingerprint density at radius 1 is 0.737 bits per heavy atom. The maximum atomic E-state index is 13.1. The summed E-state index contributed by atoms with van der Waals surface area (Å²) in [7, 11) is -3.99. The zero-order chi connectivity index (χ0) is 27.3. The summed E-state index contributed by atoms with van der Waals surface area (Å²) in [5.74, 6) is -2.46. The molecule has 1 atom stereocenters. The van der Waals surface area contributed by atoms with Crippen molar-refractivity contribution in [3.05, 3.63) is 130 Å². The molecule has 0 aliphatic rings. The minimum absolute atomic E-state index is 0.117. The first-order valence-corrected chi connectivity index (χ1v) is 13.6. The Kier molecular flexibility index (Phi) is 8.36. The van der Waals surface area contributed by atoms with Gasteiger partial charge in [-0.15, -0.1) is 0 Å². The van der Waals surface area contributed by atoms with Gasteiger partial charge >= 0.3 is 5.97 Å². The molecule has 194 valence electrons. The standard InChI is InChI=1S/C28H22Cl2N2O5S/c29-21-15-22(30)17-24(16-21)38(36,37)32-23-13-11-20(12-14-23)27(33)31-26(28(34)35)25(18-7-3-1-4-8-18)19-9-5-2-6-10-19/h1-17,25-26,32H,(H,31,33)(H,34,35). The third-order valence-electron chi connectivity index (χ3n) is 5.75. The van der Waals surface area contributed by atoms with Crippen LogP contribution in [0.4, 0.5) is 5.69 Å². The molecule has 4 aromatic rings. The van der Waals surface area contributed by atoms with Crippen molar-refractivity contribution in [1.29, 1.82) is 0 Å². The summed E-state index contributed by atoms with van der Waals surface area (Å²) in [6, 6.07) is 26.4. The summed E-state index contributed by atoms with van der Waals surface area (Å²) >= 11 is 11.8.